The van der Waals surface area contributed by atoms with E-state index in [-0.39, 0.29) is 17.6 Å². The number of amides is 1. The van der Waals surface area contributed by atoms with E-state index in [1.807, 2.05) is 12.1 Å². The summed E-state index contributed by atoms with van der Waals surface area (Å²) in [6.07, 6.45) is 3.12. The summed E-state index contributed by atoms with van der Waals surface area (Å²) in [5.41, 5.74) is 1.48. The highest BCUT2D eigenvalue weighted by atomic mass is 19.1. The lowest BCUT2D eigenvalue weighted by molar-refractivity contribution is -0.127. The molecule has 0 radical (unpaired) electrons. The zero-order valence-electron chi connectivity index (χ0n) is 12.2. The van der Waals surface area contributed by atoms with E-state index in [0.717, 1.165) is 51.0 Å². The summed E-state index contributed by atoms with van der Waals surface area (Å²) in [6, 6.07) is 5.27. The third kappa shape index (κ3) is 3.35. The topological polar surface area (TPSA) is 44.4 Å². The molecule has 0 spiro atoms. The van der Waals surface area contributed by atoms with E-state index in [4.69, 9.17) is 0 Å². The van der Waals surface area contributed by atoms with E-state index in [9.17, 15) is 9.18 Å². The molecule has 1 aromatic carbocycles. The van der Waals surface area contributed by atoms with Crippen LogP contribution in [-0.2, 0) is 11.3 Å². The number of hydrogen-bond donors (Lipinski definition) is 2. The molecule has 21 heavy (non-hydrogen) atoms. The molecular weight excluding hydrogens is 269 g/mol. The summed E-state index contributed by atoms with van der Waals surface area (Å²) in [6.45, 7) is 3.84. The quantitative estimate of drug-likeness (QED) is 0.886. The molecular formula is C16H22FN3O. The first-order valence-electron chi connectivity index (χ1n) is 7.76. The summed E-state index contributed by atoms with van der Waals surface area (Å²) in [5.74, 6) is 0.0788. The number of rotatable bonds is 4. The SMILES string of the molecule is O=C(NCc1ccc(N2CCNCC2)c(F)c1)C1CCC1. The Balaban J connectivity index is 1.59. The number of carbonyl (C=O) groups is 1. The predicted molar refractivity (Wildman–Crippen MR) is 80.7 cm³/mol. The third-order valence-corrected chi connectivity index (χ3v) is 4.41. The number of halogens is 1. The van der Waals surface area contributed by atoms with Crippen molar-refractivity contribution in [1.29, 1.82) is 0 Å². The molecule has 1 saturated carbocycles. The first-order valence-corrected chi connectivity index (χ1v) is 7.76. The van der Waals surface area contributed by atoms with Gasteiger partial charge in [0.2, 0.25) is 5.91 Å². The molecule has 1 aromatic rings. The summed E-state index contributed by atoms with van der Waals surface area (Å²) < 4.78 is 14.2. The van der Waals surface area contributed by atoms with Crippen molar-refractivity contribution in [3.63, 3.8) is 0 Å². The Morgan fingerprint density at radius 3 is 2.71 bits per heavy atom. The van der Waals surface area contributed by atoms with Crippen molar-refractivity contribution in [3.8, 4) is 0 Å². The Hall–Kier alpha value is -1.62. The number of nitrogens with zero attached hydrogens (tertiary/aromatic N) is 1. The second kappa shape index (κ2) is 6.43. The second-order valence-electron chi connectivity index (χ2n) is 5.87. The molecule has 1 saturated heterocycles. The molecule has 0 bridgehead atoms. The minimum Gasteiger partial charge on any atom is -0.367 e. The van der Waals surface area contributed by atoms with Gasteiger partial charge in [0.15, 0.2) is 0 Å². The molecule has 1 heterocycles. The van der Waals surface area contributed by atoms with Crippen molar-refractivity contribution in [2.75, 3.05) is 31.1 Å². The van der Waals surface area contributed by atoms with Crippen molar-refractivity contribution in [2.24, 2.45) is 5.92 Å². The average molecular weight is 291 g/mol. The van der Waals surface area contributed by atoms with Gasteiger partial charge in [-0.2, -0.15) is 0 Å². The van der Waals surface area contributed by atoms with Gasteiger partial charge in [-0.15, -0.1) is 0 Å². The highest BCUT2D eigenvalue weighted by Gasteiger charge is 2.24. The van der Waals surface area contributed by atoms with E-state index in [2.05, 4.69) is 15.5 Å². The number of nitrogens with one attached hydrogen (secondary N) is 2. The monoisotopic (exact) mass is 291 g/mol. The van der Waals surface area contributed by atoms with E-state index in [0.29, 0.717) is 12.2 Å². The van der Waals surface area contributed by atoms with Crippen LogP contribution in [0.1, 0.15) is 24.8 Å². The van der Waals surface area contributed by atoms with Crippen molar-refractivity contribution in [2.45, 2.75) is 25.8 Å². The standard InChI is InChI=1S/C16H22FN3O/c17-14-10-12(11-19-16(21)13-2-1-3-13)4-5-15(14)20-8-6-18-7-9-20/h4-5,10,13,18H,1-3,6-9,11H2,(H,19,21). The van der Waals surface area contributed by atoms with Crippen molar-refractivity contribution in [1.82, 2.24) is 10.6 Å². The molecule has 3 rings (SSSR count). The van der Waals surface area contributed by atoms with Crippen LogP contribution in [0, 0.1) is 11.7 Å². The van der Waals surface area contributed by atoms with Gasteiger partial charge in [0.25, 0.3) is 0 Å². The van der Waals surface area contributed by atoms with Gasteiger partial charge >= 0.3 is 0 Å². The molecule has 0 atom stereocenters. The van der Waals surface area contributed by atoms with Gasteiger partial charge in [0.1, 0.15) is 5.82 Å². The molecule has 2 aliphatic rings. The Kier molecular flexibility index (Phi) is 4.39. The maximum Gasteiger partial charge on any atom is 0.223 e. The fourth-order valence-electron chi connectivity index (χ4n) is 2.83. The lowest BCUT2D eigenvalue weighted by Crippen LogP contribution is -2.43. The Morgan fingerprint density at radius 2 is 2.10 bits per heavy atom. The molecule has 1 aliphatic heterocycles. The molecule has 2 fully saturated rings. The number of benzene rings is 1. The maximum absolute atomic E-state index is 14.2. The van der Waals surface area contributed by atoms with Crippen LogP contribution in [0.4, 0.5) is 10.1 Å². The van der Waals surface area contributed by atoms with E-state index >= 15 is 0 Å². The molecule has 0 unspecified atom stereocenters. The Morgan fingerprint density at radius 1 is 1.33 bits per heavy atom. The van der Waals surface area contributed by atoms with Gasteiger partial charge in [-0.25, -0.2) is 4.39 Å². The predicted octanol–water partition coefficient (Wildman–Crippen LogP) is 1.65. The van der Waals surface area contributed by atoms with Crippen molar-refractivity contribution in [3.05, 3.63) is 29.6 Å². The van der Waals surface area contributed by atoms with Gasteiger partial charge < -0.3 is 15.5 Å². The van der Waals surface area contributed by atoms with Crippen LogP contribution in [0.25, 0.3) is 0 Å². The van der Waals surface area contributed by atoms with Crippen LogP contribution in [0.5, 0.6) is 0 Å². The Labute approximate surface area is 124 Å². The highest BCUT2D eigenvalue weighted by molar-refractivity contribution is 5.79. The van der Waals surface area contributed by atoms with E-state index in [1.54, 1.807) is 6.07 Å². The van der Waals surface area contributed by atoms with Crippen molar-refractivity contribution >= 4 is 11.6 Å². The van der Waals surface area contributed by atoms with Gasteiger partial charge in [-0.05, 0) is 30.5 Å². The lowest BCUT2D eigenvalue weighted by atomic mass is 9.85. The molecule has 1 amide bonds. The molecule has 114 valence electrons. The number of anilines is 1. The van der Waals surface area contributed by atoms with Crippen LogP contribution in [0.2, 0.25) is 0 Å². The normalized spacial score (nSPS) is 19.2. The number of hydrogen-bond acceptors (Lipinski definition) is 3. The zero-order valence-corrected chi connectivity index (χ0v) is 12.2. The van der Waals surface area contributed by atoms with E-state index < -0.39 is 0 Å². The lowest BCUT2D eigenvalue weighted by Gasteiger charge is -2.29. The summed E-state index contributed by atoms with van der Waals surface area (Å²) in [5, 5.41) is 6.16. The number of carbonyl (C=O) groups excluding carboxylic acids is 1. The molecule has 4 nitrogen and oxygen atoms in total. The minimum atomic E-state index is -0.202. The van der Waals surface area contributed by atoms with Crippen LogP contribution in [0.15, 0.2) is 18.2 Å². The number of piperazine rings is 1. The van der Waals surface area contributed by atoms with Crippen LogP contribution >= 0.6 is 0 Å². The second-order valence-corrected chi connectivity index (χ2v) is 5.87. The van der Waals surface area contributed by atoms with Gasteiger partial charge in [0, 0.05) is 38.6 Å². The van der Waals surface area contributed by atoms with Crippen LogP contribution in [-0.4, -0.2) is 32.1 Å². The van der Waals surface area contributed by atoms with Gasteiger partial charge in [-0.3, -0.25) is 4.79 Å². The fourth-order valence-corrected chi connectivity index (χ4v) is 2.83. The summed E-state index contributed by atoms with van der Waals surface area (Å²) in [4.78, 5) is 13.8. The van der Waals surface area contributed by atoms with Crippen LogP contribution < -0.4 is 15.5 Å². The first kappa shape index (κ1) is 14.3. The largest absolute Gasteiger partial charge is 0.367 e. The molecule has 0 aromatic heterocycles. The molecule has 1 aliphatic carbocycles. The van der Waals surface area contributed by atoms with Crippen LogP contribution in [0.3, 0.4) is 0 Å². The Bertz CT molecular complexity index is 510. The minimum absolute atomic E-state index is 0.104. The van der Waals surface area contributed by atoms with Gasteiger partial charge in [0.05, 0.1) is 5.69 Å². The highest BCUT2D eigenvalue weighted by Crippen LogP contribution is 2.26. The van der Waals surface area contributed by atoms with E-state index in [1.165, 1.54) is 0 Å². The average Bonchev–Trinajstić information content (AvgIpc) is 2.44. The third-order valence-electron chi connectivity index (χ3n) is 4.41. The zero-order chi connectivity index (χ0) is 14.7. The molecule has 2 N–H and O–H groups in total. The van der Waals surface area contributed by atoms with Crippen molar-refractivity contribution < 1.29 is 9.18 Å². The fraction of sp³-hybridized carbons (Fsp3) is 0.562. The van der Waals surface area contributed by atoms with Gasteiger partial charge in [-0.1, -0.05) is 12.5 Å². The summed E-state index contributed by atoms with van der Waals surface area (Å²) in [7, 11) is 0. The smallest absolute Gasteiger partial charge is 0.223 e. The maximum atomic E-state index is 14.2. The molecule has 5 heteroatoms. The first-order chi connectivity index (χ1) is 10.2. The summed E-state index contributed by atoms with van der Waals surface area (Å²) >= 11 is 0.